The van der Waals surface area contributed by atoms with Gasteiger partial charge < -0.3 is 4.90 Å². The lowest BCUT2D eigenvalue weighted by Gasteiger charge is -2.33. The van der Waals surface area contributed by atoms with Gasteiger partial charge in [-0.15, -0.1) is 11.3 Å². The van der Waals surface area contributed by atoms with Crippen molar-refractivity contribution in [3.05, 3.63) is 47.6 Å². The molecule has 2 aromatic heterocycles. The molecule has 2 heterocycles. The molecule has 0 radical (unpaired) electrons. The van der Waals surface area contributed by atoms with E-state index in [1.807, 2.05) is 46.3 Å². The first-order valence-electron chi connectivity index (χ1n) is 9.11. The first-order chi connectivity index (χ1) is 12.3. The van der Waals surface area contributed by atoms with Crippen molar-refractivity contribution in [1.29, 1.82) is 0 Å². The Morgan fingerprint density at radius 1 is 1.24 bits per heavy atom. The molecule has 1 aromatic carbocycles. The van der Waals surface area contributed by atoms with Crippen LogP contribution in [0.25, 0.3) is 16.2 Å². The number of fused-ring (bicyclic) bond motifs is 1. The van der Waals surface area contributed by atoms with Gasteiger partial charge in [0.1, 0.15) is 5.69 Å². The lowest BCUT2D eigenvalue weighted by Crippen LogP contribution is -2.41. The number of thiazole rings is 1. The highest BCUT2D eigenvalue weighted by molar-refractivity contribution is 7.15. The smallest absolute Gasteiger partial charge is 0.271 e. The van der Waals surface area contributed by atoms with Crippen LogP contribution in [0.15, 0.2) is 41.9 Å². The monoisotopic (exact) mass is 353 g/mol. The number of benzene rings is 1. The standard InChI is InChI=1S/C20H23N3OS/c1-2-22(16-11-7-4-8-12-16)19(24)18-14-25-20-21-17(13-23(18)20)15-9-5-3-6-10-15/h3,5-6,9-10,13-14,16H,2,4,7-8,11-12H2,1H3. The van der Waals surface area contributed by atoms with E-state index in [1.165, 1.54) is 30.6 Å². The Labute approximate surface area is 152 Å². The molecule has 25 heavy (non-hydrogen) atoms. The van der Waals surface area contributed by atoms with Crippen LogP contribution in [0.3, 0.4) is 0 Å². The maximum Gasteiger partial charge on any atom is 0.271 e. The molecular formula is C20H23N3OS. The summed E-state index contributed by atoms with van der Waals surface area (Å²) in [5.41, 5.74) is 2.74. The van der Waals surface area contributed by atoms with Crippen LogP contribution in [-0.4, -0.2) is 32.8 Å². The first kappa shape index (κ1) is 16.3. The zero-order chi connectivity index (χ0) is 17.2. The fraction of sp³-hybridized carbons (Fsp3) is 0.400. The average molecular weight is 353 g/mol. The van der Waals surface area contributed by atoms with E-state index in [1.54, 1.807) is 0 Å². The van der Waals surface area contributed by atoms with Crippen molar-refractivity contribution in [2.45, 2.75) is 45.1 Å². The van der Waals surface area contributed by atoms with Crippen molar-refractivity contribution in [2.24, 2.45) is 0 Å². The van der Waals surface area contributed by atoms with Crippen LogP contribution in [-0.2, 0) is 0 Å². The summed E-state index contributed by atoms with van der Waals surface area (Å²) in [6, 6.07) is 10.5. The zero-order valence-corrected chi connectivity index (χ0v) is 15.3. The van der Waals surface area contributed by atoms with E-state index in [4.69, 9.17) is 4.98 Å². The van der Waals surface area contributed by atoms with E-state index < -0.39 is 0 Å². The van der Waals surface area contributed by atoms with Gasteiger partial charge in [0, 0.05) is 29.7 Å². The van der Waals surface area contributed by atoms with E-state index in [-0.39, 0.29) is 5.91 Å². The van der Waals surface area contributed by atoms with Crippen molar-refractivity contribution in [2.75, 3.05) is 6.54 Å². The summed E-state index contributed by atoms with van der Waals surface area (Å²) in [5, 5.41) is 1.95. The molecule has 4 nitrogen and oxygen atoms in total. The number of aromatic nitrogens is 2. The van der Waals surface area contributed by atoms with Gasteiger partial charge in [0.2, 0.25) is 0 Å². The number of carbonyl (C=O) groups is 1. The van der Waals surface area contributed by atoms with Gasteiger partial charge in [0.15, 0.2) is 4.96 Å². The van der Waals surface area contributed by atoms with Crippen LogP contribution in [0, 0.1) is 0 Å². The summed E-state index contributed by atoms with van der Waals surface area (Å²) >= 11 is 1.54. The molecule has 0 spiro atoms. The Bertz CT molecular complexity index is 862. The fourth-order valence-corrected chi connectivity index (χ4v) is 4.64. The van der Waals surface area contributed by atoms with E-state index in [0.29, 0.717) is 6.04 Å². The zero-order valence-electron chi connectivity index (χ0n) is 14.5. The lowest BCUT2D eigenvalue weighted by atomic mass is 9.94. The molecule has 1 amide bonds. The Kier molecular flexibility index (Phi) is 4.57. The highest BCUT2D eigenvalue weighted by Gasteiger charge is 2.27. The molecule has 3 aromatic rings. The van der Waals surface area contributed by atoms with E-state index >= 15 is 0 Å². The van der Waals surface area contributed by atoms with Gasteiger partial charge >= 0.3 is 0 Å². The SMILES string of the molecule is CCN(C(=O)c1csc2nc(-c3ccccc3)cn12)C1CCCCC1. The molecule has 0 unspecified atom stereocenters. The maximum atomic E-state index is 13.2. The summed E-state index contributed by atoms with van der Waals surface area (Å²) in [7, 11) is 0. The van der Waals surface area contributed by atoms with Gasteiger partial charge in [-0.2, -0.15) is 0 Å². The molecule has 130 valence electrons. The summed E-state index contributed by atoms with van der Waals surface area (Å²) < 4.78 is 1.96. The number of hydrogen-bond acceptors (Lipinski definition) is 3. The highest BCUT2D eigenvalue weighted by atomic mass is 32.1. The third kappa shape index (κ3) is 3.09. The molecule has 5 heteroatoms. The van der Waals surface area contributed by atoms with Crippen molar-refractivity contribution in [1.82, 2.24) is 14.3 Å². The quantitative estimate of drug-likeness (QED) is 0.672. The van der Waals surface area contributed by atoms with Crippen molar-refractivity contribution in [3.63, 3.8) is 0 Å². The van der Waals surface area contributed by atoms with Crippen LogP contribution < -0.4 is 0 Å². The molecule has 1 aliphatic carbocycles. The first-order valence-corrected chi connectivity index (χ1v) is 9.99. The Balaban J connectivity index is 1.66. The molecule has 0 atom stereocenters. The normalized spacial score (nSPS) is 15.6. The molecule has 0 saturated heterocycles. The van der Waals surface area contributed by atoms with Gasteiger partial charge in [-0.05, 0) is 19.8 Å². The second kappa shape index (κ2) is 7.00. The predicted octanol–water partition coefficient (Wildman–Crippen LogP) is 4.86. The molecular weight excluding hydrogens is 330 g/mol. The lowest BCUT2D eigenvalue weighted by molar-refractivity contribution is 0.0641. The van der Waals surface area contributed by atoms with Crippen molar-refractivity contribution in [3.8, 4) is 11.3 Å². The minimum atomic E-state index is 0.137. The predicted molar refractivity (Wildman–Crippen MR) is 102 cm³/mol. The Morgan fingerprint density at radius 2 is 2.00 bits per heavy atom. The van der Waals surface area contributed by atoms with Crippen LogP contribution in [0.4, 0.5) is 0 Å². The van der Waals surface area contributed by atoms with E-state index in [0.717, 1.165) is 41.3 Å². The second-order valence-electron chi connectivity index (χ2n) is 6.65. The van der Waals surface area contributed by atoms with Crippen LogP contribution in [0.5, 0.6) is 0 Å². The number of hydrogen-bond donors (Lipinski definition) is 0. The number of carbonyl (C=O) groups excluding carboxylic acids is 1. The van der Waals surface area contributed by atoms with E-state index in [2.05, 4.69) is 11.8 Å². The maximum absolute atomic E-state index is 13.2. The third-order valence-electron chi connectivity index (χ3n) is 5.11. The minimum absolute atomic E-state index is 0.137. The Morgan fingerprint density at radius 3 is 2.72 bits per heavy atom. The van der Waals surface area contributed by atoms with Crippen molar-refractivity contribution < 1.29 is 4.79 Å². The van der Waals surface area contributed by atoms with Crippen LogP contribution >= 0.6 is 11.3 Å². The minimum Gasteiger partial charge on any atom is -0.335 e. The van der Waals surface area contributed by atoms with Gasteiger partial charge in [-0.25, -0.2) is 4.98 Å². The topological polar surface area (TPSA) is 37.6 Å². The molecule has 1 aliphatic rings. The summed E-state index contributed by atoms with van der Waals surface area (Å²) in [5.74, 6) is 0.137. The highest BCUT2D eigenvalue weighted by Crippen LogP contribution is 2.27. The molecule has 1 saturated carbocycles. The van der Waals surface area contributed by atoms with Gasteiger partial charge in [-0.1, -0.05) is 49.6 Å². The van der Waals surface area contributed by atoms with Gasteiger partial charge in [-0.3, -0.25) is 9.20 Å². The number of rotatable bonds is 4. The molecule has 1 fully saturated rings. The summed E-state index contributed by atoms with van der Waals surface area (Å²) in [6.45, 7) is 2.85. The molecule has 0 bridgehead atoms. The Hall–Kier alpha value is -2.14. The largest absolute Gasteiger partial charge is 0.335 e. The van der Waals surface area contributed by atoms with E-state index in [9.17, 15) is 4.79 Å². The number of imidazole rings is 1. The summed E-state index contributed by atoms with van der Waals surface area (Å²) in [4.78, 5) is 20.8. The fourth-order valence-electron chi connectivity index (χ4n) is 3.79. The number of amides is 1. The van der Waals surface area contributed by atoms with Crippen molar-refractivity contribution >= 4 is 22.2 Å². The van der Waals surface area contributed by atoms with Gasteiger partial charge in [0.25, 0.3) is 5.91 Å². The number of nitrogens with zero attached hydrogens (tertiary/aromatic N) is 3. The molecule has 4 rings (SSSR count). The molecule has 0 N–H and O–H groups in total. The second-order valence-corrected chi connectivity index (χ2v) is 7.49. The molecule has 0 aliphatic heterocycles. The summed E-state index contributed by atoms with van der Waals surface area (Å²) in [6.07, 6.45) is 8.02. The average Bonchev–Trinajstić information content (AvgIpc) is 3.24. The van der Waals surface area contributed by atoms with Crippen LogP contribution in [0.2, 0.25) is 0 Å². The van der Waals surface area contributed by atoms with Crippen LogP contribution in [0.1, 0.15) is 49.5 Å². The van der Waals surface area contributed by atoms with Gasteiger partial charge in [0.05, 0.1) is 5.69 Å². The third-order valence-corrected chi connectivity index (χ3v) is 5.95.